The second kappa shape index (κ2) is 7.90. The second-order valence-electron chi connectivity index (χ2n) is 7.42. The van der Waals surface area contributed by atoms with Crippen LogP contribution in [0.5, 0.6) is 11.5 Å². The van der Waals surface area contributed by atoms with Gasteiger partial charge in [-0.2, -0.15) is 0 Å². The number of phenols is 1. The lowest BCUT2D eigenvalue weighted by Crippen LogP contribution is -2.36. The Bertz CT molecular complexity index is 555. The predicted molar refractivity (Wildman–Crippen MR) is 97.4 cm³/mol. The predicted octanol–water partition coefficient (Wildman–Crippen LogP) is 5.96. The summed E-state index contributed by atoms with van der Waals surface area (Å²) < 4.78 is 6.34. The molecule has 0 aliphatic carbocycles. The second-order valence-corrected chi connectivity index (χ2v) is 7.42. The van der Waals surface area contributed by atoms with Crippen LogP contribution < -0.4 is 4.74 Å². The highest BCUT2D eigenvalue weighted by Gasteiger charge is 2.32. The summed E-state index contributed by atoms with van der Waals surface area (Å²) in [5, 5.41) is 10.3. The molecule has 2 nitrogen and oxygen atoms in total. The SMILES string of the molecule is CCCCCc1cc(O)c2c(c1)O[C@](C)(CCC=C(C)C)CC2. The summed E-state index contributed by atoms with van der Waals surface area (Å²) in [5.74, 6) is 1.32. The minimum atomic E-state index is -0.118. The largest absolute Gasteiger partial charge is 0.508 e. The van der Waals surface area contributed by atoms with Gasteiger partial charge in [0, 0.05) is 5.56 Å². The Morgan fingerprint density at radius 1 is 1.30 bits per heavy atom. The zero-order valence-corrected chi connectivity index (χ0v) is 15.2. The molecule has 1 aliphatic rings. The molecule has 2 heteroatoms. The van der Waals surface area contributed by atoms with Gasteiger partial charge in [0.05, 0.1) is 0 Å². The van der Waals surface area contributed by atoms with Crippen molar-refractivity contribution in [3.8, 4) is 11.5 Å². The first-order chi connectivity index (χ1) is 10.9. The van der Waals surface area contributed by atoms with Gasteiger partial charge in [-0.05, 0) is 77.0 Å². The van der Waals surface area contributed by atoms with Gasteiger partial charge in [-0.15, -0.1) is 0 Å². The lowest BCUT2D eigenvalue weighted by molar-refractivity contribution is 0.0563. The number of ether oxygens (including phenoxy) is 1. The molecule has 1 aromatic rings. The summed E-state index contributed by atoms with van der Waals surface area (Å²) in [6.45, 7) is 8.70. The van der Waals surface area contributed by atoms with Gasteiger partial charge in [-0.1, -0.05) is 31.4 Å². The van der Waals surface area contributed by atoms with E-state index in [9.17, 15) is 5.11 Å². The van der Waals surface area contributed by atoms with E-state index in [2.05, 4.69) is 39.8 Å². The van der Waals surface area contributed by atoms with E-state index in [1.807, 2.05) is 6.07 Å². The molecule has 0 amide bonds. The van der Waals surface area contributed by atoms with Crippen LogP contribution in [-0.4, -0.2) is 10.7 Å². The van der Waals surface area contributed by atoms with Gasteiger partial charge in [0.1, 0.15) is 17.1 Å². The van der Waals surface area contributed by atoms with Crippen molar-refractivity contribution in [2.24, 2.45) is 0 Å². The van der Waals surface area contributed by atoms with Crippen molar-refractivity contribution < 1.29 is 9.84 Å². The summed E-state index contributed by atoms with van der Waals surface area (Å²) in [4.78, 5) is 0. The Kier molecular flexibility index (Phi) is 6.15. The molecule has 1 heterocycles. The summed E-state index contributed by atoms with van der Waals surface area (Å²) >= 11 is 0. The highest BCUT2D eigenvalue weighted by molar-refractivity contribution is 5.49. The number of aromatic hydroxyl groups is 1. The zero-order valence-electron chi connectivity index (χ0n) is 15.2. The topological polar surface area (TPSA) is 29.5 Å². The quantitative estimate of drug-likeness (QED) is 0.497. The zero-order chi connectivity index (χ0) is 16.9. The summed E-state index contributed by atoms with van der Waals surface area (Å²) in [7, 11) is 0. The minimum Gasteiger partial charge on any atom is -0.508 e. The molecular weight excluding hydrogens is 284 g/mol. The van der Waals surface area contributed by atoms with Gasteiger partial charge in [0.25, 0.3) is 0 Å². The van der Waals surface area contributed by atoms with E-state index in [0.717, 1.165) is 43.4 Å². The van der Waals surface area contributed by atoms with Gasteiger partial charge in [0.15, 0.2) is 0 Å². The Labute approximate surface area is 141 Å². The molecule has 0 unspecified atom stereocenters. The average Bonchev–Trinajstić information content (AvgIpc) is 2.46. The number of rotatable bonds is 7. The maximum atomic E-state index is 10.3. The summed E-state index contributed by atoms with van der Waals surface area (Å²) in [5.41, 5.74) is 3.43. The summed E-state index contributed by atoms with van der Waals surface area (Å²) in [6, 6.07) is 4.09. The van der Waals surface area contributed by atoms with Crippen LogP contribution >= 0.6 is 0 Å². The Hall–Kier alpha value is -1.44. The maximum Gasteiger partial charge on any atom is 0.127 e. The molecule has 0 bridgehead atoms. The number of hydrogen-bond acceptors (Lipinski definition) is 2. The average molecular weight is 316 g/mol. The highest BCUT2D eigenvalue weighted by Crippen LogP contribution is 2.41. The molecule has 1 N–H and O–H groups in total. The Balaban J connectivity index is 2.09. The Morgan fingerprint density at radius 3 is 2.78 bits per heavy atom. The molecule has 1 atom stereocenters. The molecule has 0 saturated heterocycles. The molecular formula is C21H32O2. The van der Waals surface area contributed by atoms with Crippen LogP contribution in [0.4, 0.5) is 0 Å². The molecule has 23 heavy (non-hydrogen) atoms. The molecule has 0 aromatic heterocycles. The highest BCUT2D eigenvalue weighted by atomic mass is 16.5. The molecule has 0 saturated carbocycles. The van der Waals surface area contributed by atoms with Crippen molar-refractivity contribution in [3.63, 3.8) is 0 Å². The third kappa shape index (κ3) is 5.02. The van der Waals surface area contributed by atoms with Crippen LogP contribution in [0.1, 0.15) is 77.3 Å². The summed E-state index contributed by atoms with van der Waals surface area (Å²) in [6.07, 6.45) is 10.9. The lowest BCUT2D eigenvalue weighted by atomic mass is 9.87. The maximum absolute atomic E-state index is 10.3. The normalized spacial score (nSPS) is 19.8. The van der Waals surface area contributed by atoms with Crippen molar-refractivity contribution >= 4 is 0 Å². The van der Waals surface area contributed by atoms with E-state index in [4.69, 9.17) is 4.74 Å². The van der Waals surface area contributed by atoms with Gasteiger partial charge in [-0.3, -0.25) is 0 Å². The molecule has 2 rings (SSSR count). The van der Waals surface area contributed by atoms with E-state index >= 15 is 0 Å². The fourth-order valence-electron chi connectivity index (χ4n) is 3.30. The van der Waals surface area contributed by atoms with Crippen LogP contribution in [0.2, 0.25) is 0 Å². The van der Waals surface area contributed by atoms with Gasteiger partial charge >= 0.3 is 0 Å². The fourth-order valence-corrected chi connectivity index (χ4v) is 3.30. The smallest absolute Gasteiger partial charge is 0.127 e. The van der Waals surface area contributed by atoms with Crippen LogP contribution in [0.3, 0.4) is 0 Å². The number of benzene rings is 1. The van der Waals surface area contributed by atoms with Crippen LogP contribution in [-0.2, 0) is 12.8 Å². The van der Waals surface area contributed by atoms with Crippen molar-refractivity contribution in [1.29, 1.82) is 0 Å². The monoisotopic (exact) mass is 316 g/mol. The third-order valence-electron chi connectivity index (χ3n) is 4.80. The van der Waals surface area contributed by atoms with Gasteiger partial charge < -0.3 is 9.84 Å². The molecule has 1 aromatic carbocycles. The number of fused-ring (bicyclic) bond motifs is 1. The van der Waals surface area contributed by atoms with E-state index < -0.39 is 0 Å². The van der Waals surface area contributed by atoms with Crippen LogP contribution in [0, 0.1) is 0 Å². The number of allylic oxidation sites excluding steroid dienone is 2. The number of unbranched alkanes of at least 4 members (excludes halogenated alkanes) is 2. The molecule has 0 fully saturated rings. The molecule has 0 radical (unpaired) electrons. The molecule has 1 aliphatic heterocycles. The first kappa shape index (κ1) is 17.9. The Morgan fingerprint density at radius 2 is 2.09 bits per heavy atom. The first-order valence-electron chi connectivity index (χ1n) is 9.10. The van der Waals surface area contributed by atoms with Gasteiger partial charge in [-0.25, -0.2) is 0 Å². The molecule has 128 valence electrons. The lowest BCUT2D eigenvalue weighted by Gasteiger charge is -2.36. The van der Waals surface area contributed by atoms with E-state index in [1.54, 1.807) is 0 Å². The van der Waals surface area contributed by atoms with Crippen LogP contribution in [0.25, 0.3) is 0 Å². The van der Waals surface area contributed by atoms with Crippen molar-refractivity contribution in [1.82, 2.24) is 0 Å². The first-order valence-corrected chi connectivity index (χ1v) is 9.10. The van der Waals surface area contributed by atoms with Crippen molar-refractivity contribution in [2.75, 3.05) is 0 Å². The van der Waals surface area contributed by atoms with Crippen molar-refractivity contribution in [3.05, 3.63) is 34.9 Å². The number of hydrogen-bond donors (Lipinski definition) is 1. The van der Waals surface area contributed by atoms with E-state index in [-0.39, 0.29) is 5.60 Å². The van der Waals surface area contributed by atoms with E-state index in [1.165, 1.54) is 30.4 Å². The standard InChI is InChI=1S/C21H32O2/c1-5-6-7-10-17-14-19(22)18-11-13-21(4,23-20(18)15-17)12-8-9-16(2)3/h9,14-15,22H,5-8,10-13H2,1-4H3/t21-/m1/s1. The van der Waals surface area contributed by atoms with Crippen LogP contribution in [0.15, 0.2) is 23.8 Å². The van der Waals surface area contributed by atoms with E-state index in [0.29, 0.717) is 5.75 Å². The number of aryl methyl sites for hydroxylation is 1. The minimum absolute atomic E-state index is 0.118. The third-order valence-corrected chi connectivity index (χ3v) is 4.80. The number of phenolic OH excluding ortho intramolecular Hbond substituents is 1. The van der Waals surface area contributed by atoms with Crippen molar-refractivity contribution in [2.45, 2.75) is 84.7 Å². The molecule has 0 spiro atoms. The fraction of sp³-hybridized carbons (Fsp3) is 0.619. The van der Waals surface area contributed by atoms with Gasteiger partial charge in [0.2, 0.25) is 0 Å².